The molecular formula is C11H21IN4S. The Labute approximate surface area is 124 Å². The summed E-state index contributed by atoms with van der Waals surface area (Å²) in [4.78, 5) is 10.1. The molecule has 0 spiro atoms. The summed E-state index contributed by atoms with van der Waals surface area (Å²) < 4.78 is 0. The van der Waals surface area contributed by atoms with Gasteiger partial charge in [0.05, 0.1) is 17.2 Å². The van der Waals surface area contributed by atoms with Gasteiger partial charge in [0.1, 0.15) is 0 Å². The molecule has 0 aromatic carbocycles. The van der Waals surface area contributed by atoms with Gasteiger partial charge in [-0.15, -0.1) is 35.3 Å². The van der Waals surface area contributed by atoms with Gasteiger partial charge in [0.25, 0.3) is 0 Å². The van der Waals surface area contributed by atoms with E-state index in [9.17, 15) is 0 Å². The third kappa shape index (κ3) is 5.67. The lowest BCUT2D eigenvalue weighted by molar-refractivity contribution is 0.840. The predicted octanol–water partition coefficient (Wildman–Crippen LogP) is 2.45. The van der Waals surface area contributed by atoms with Crippen LogP contribution in [0.4, 0.5) is 0 Å². The molecule has 98 valence electrons. The number of nitrogens with zero attached hydrogens (tertiary/aromatic N) is 2. The second-order valence-electron chi connectivity index (χ2n) is 3.47. The number of aryl methyl sites for hydroxylation is 2. The van der Waals surface area contributed by atoms with Crippen molar-refractivity contribution in [2.75, 3.05) is 13.1 Å². The van der Waals surface area contributed by atoms with Gasteiger partial charge >= 0.3 is 0 Å². The Kier molecular flexibility index (Phi) is 8.49. The van der Waals surface area contributed by atoms with Crippen LogP contribution in [0.3, 0.4) is 0 Å². The molecule has 0 atom stereocenters. The summed E-state index contributed by atoms with van der Waals surface area (Å²) in [6.45, 7) is 10.7. The first-order valence-electron chi connectivity index (χ1n) is 5.62. The van der Waals surface area contributed by atoms with Gasteiger partial charge < -0.3 is 10.6 Å². The van der Waals surface area contributed by atoms with Crippen LogP contribution >= 0.6 is 35.3 Å². The van der Waals surface area contributed by atoms with E-state index in [0.29, 0.717) is 6.54 Å². The number of thiazole rings is 1. The molecular weight excluding hydrogens is 347 g/mol. The number of halogens is 1. The largest absolute Gasteiger partial charge is 0.357 e. The maximum Gasteiger partial charge on any atom is 0.191 e. The lowest BCUT2D eigenvalue weighted by Crippen LogP contribution is -2.36. The lowest BCUT2D eigenvalue weighted by Gasteiger charge is -2.08. The minimum absolute atomic E-state index is 0. The van der Waals surface area contributed by atoms with E-state index in [4.69, 9.17) is 0 Å². The number of aromatic nitrogens is 1. The third-order valence-electron chi connectivity index (χ3n) is 2.07. The van der Waals surface area contributed by atoms with Crippen molar-refractivity contribution in [2.45, 2.75) is 34.2 Å². The molecule has 0 saturated carbocycles. The summed E-state index contributed by atoms with van der Waals surface area (Å²) in [7, 11) is 0. The number of aliphatic imine (C=N–C) groups is 1. The van der Waals surface area contributed by atoms with Gasteiger partial charge in [0, 0.05) is 18.0 Å². The summed E-state index contributed by atoms with van der Waals surface area (Å²) in [6.07, 6.45) is 0. The molecule has 0 aliphatic heterocycles. The van der Waals surface area contributed by atoms with Crippen LogP contribution in [-0.2, 0) is 6.54 Å². The summed E-state index contributed by atoms with van der Waals surface area (Å²) in [6, 6.07) is 0. The van der Waals surface area contributed by atoms with E-state index < -0.39 is 0 Å². The van der Waals surface area contributed by atoms with Gasteiger partial charge in [-0.2, -0.15) is 0 Å². The van der Waals surface area contributed by atoms with E-state index in [1.165, 1.54) is 4.88 Å². The van der Waals surface area contributed by atoms with Crippen LogP contribution in [0.15, 0.2) is 4.99 Å². The van der Waals surface area contributed by atoms with Gasteiger partial charge in [-0.05, 0) is 27.7 Å². The van der Waals surface area contributed by atoms with Crippen molar-refractivity contribution in [2.24, 2.45) is 4.99 Å². The van der Waals surface area contributed by atoms with E-state index in [-0.39, 0.29) is 24.0 Å². The van der Waals surface area contributed by atoms with Crippen LogP contribution in [0.25, 0.3) is 0 Å². The molecule has 2 N–H and O–H groups in total. The highest BCUT2D eigenvalue weighted by atomic mass is 127. The van der Waals surface area contributed by atoms with E-state index in [1.54, 1.807) is 11.3 Å². The molecule has 6 heteroatoms. The van der Waals surface area contributed by atoms with E-state index in [1.807, 2.05) is 13.8 Å². The van der Waals surface area contributed by atoms with E-state index in [2.05, 4.69) is 34.5 Å². The second kappa shape index (κ2) is 8.68. The molecule has 0 fully saturated rings. The first kappa shape index (κ1) is 16.6. The van der Waals surface area contributed by atoms with Gasteiger partial charge in [-0.3, -0.25) is 0 Å². The zero-order chi connectivity index (χ0) is 12.0. The molecule has 0 amide bonds. The Balaban J connectivity index is 0.00000256. The fraction of sp³-hybridized carbons (Fsp3) is 0.636. The fourth-order valence-electron chi connectivity index (χ4n) is 1.38. The highest BCUT2D eigenvalue weighted by Crippen LogP contribution is 2.17. The minimum atomic E-state index is 0. The van der Waals surface area contributed by atoms with Crippen molar-refractivity contribution in [1.29, 1.82) is 0 Å². The molecule has 0 aliphatic rings. The quantitative estimate of drug-likeness (QED) is 0.488. The Bertz CT molecular complexity index is 354. The molecule has 0 unspecified atom stereocenters. The van der Waals surface area contributed by atoms with Crippen LogP contribution in [0, 0.1) is 13.8 Å². The topological polar surface area (TPSA) is 49.3 Å². The Morgan fingerprint density at radius 2 is 1.82 bits per heavy atom. The Morgan fingerprint density at radius 3 is 2.24 bits per heavy atom. The number of hydrogen-bond donors (Lipinski definition) is 2. The molecule has 1 heterocycles. The number of rotatable bonds is 4. The fourth-order valence-corrected chi connectivity index (χ4v) is 2.24. The normalized spacial score (nSPS) is 9.41. The smallest absolute Gasteiger partial charge is 0.191 e. The van der Waals surface area contributed by atoms with Crippen molar-refractivity contribution in [1.82, 2.24) is 15.6 Å². The first-order chi connectivity index (χ1) is 7.67. The van der Waals surface area contributed by atoms with Gasteiger partial charge in [0.15, 0.2) is 5.96 Å². The molecule has 0 saturated heterocycles. The Hall–Kier alpha value is -0.370. The molecule has 1 rings (SSSR count). The van der Waals surface area contributed by atoms with Crippen LogP contribution in [-0.4, -0.2) is 24.0 Å². The van der Waals surface area contributed by atoms with E-state index >= 15 is 0 Å². The highest BCUT2D eigenvalue weighted by Gasteiger charge is 2.04. The third-order valence-corrected chi connectivity index (χ3v) is 3.13. The van der Waals surface area contributed by atoms with Crippen molar-refractivity contribution in [3.8, 4) is 0 Å². The average Bonchev–Trinajstić information content (AvgIpc) is 2.54. The second-order valence-corrected chi connectivity index (χ2v) is 4.75. The number of guanidine groups is 1. The van der Waals surface area contributed by atoms with Gasteiger partial charge in [-0.1, -0.05) is 0 Å². The number of hydrogen-bond acceptors (Lipinski definition) is 3. The predicted molar refractivity (Wildman–Crippen MR) is 85.5 cm³/mol. The van der Waals surface area contributed by atoms with Crippen LogP contribution in [0.5, 0.6) is 0 Å². The summed E-state index contributed by atoms with van der Waals surface area (Å²) in [5.74, 6) is 0.871. The van der Waals surface area contributed by atoms with Crippen molar-refractivity contribution in [3.63, 3.8) is 0 Å². The van der Waals surface area contributed by atoms with Crippen LogP contribution in [0.2, 0.25) is 0 Å². The van der Waals surface area contributed by atoms with Gasteiger partial charge in [-0.25, -0.2) is 9.98 Å². The molecule has 17 heavy (non-hydrogen) atoms. The first-order valence-corrected chi connectivity index (χ1v) is 6.44. The monoisotopic (exact) mass is 368 g/mol. The molecule has 0 bridgehead atoms. The van der Waals surface area contributed by atoms with Crippen molar-refractivity contribution >= 4 is 41.3 Å². The van der Waals surface area contributed by atoms with Crippen LogP contribution < -0.4 is 10.6 Å². The van der Waals surface area contributed by atoms with Gasteiger partial charge in [0.2, 0.25) is 0 Å². The standard InChI is InChI=1S/C11H20N4S.HI/c1-5-12-11(13-6-2)14-7-10-8(3)15-9(4)16-10;/h5-7H2,1-4H3,(H2,12,13,14);1H. The summed E-state index contributed by atoms with van der Waals surface area (Å²) in [5.41, 5.74) is 1.10. The van der Waals surface area contributed by atoms with E-state index in [0.717, 1.165) is 29.8 Å². The molecule has 4 nitrogen and oxygen atoms in total. The lowest BCUT2D eigenvalue weighted by atomic mass is 10.4. The molecule has 1 aromatic rings. The average molecular weight is 368 g/mol. The van der Waals surface area contributed by atoms with Crippen LogP contribution in [0.1, 0.15) is 29.4 Å². The minimum Gasteiger partial charge on any atom is -0.357 e. The molecule has 1 aromatic heterocycles. The molecule has 0 aliphatic carbocycles. The summed E-state index contributed by atoms with van der Waals surface area (Å²) in [5, 5.41) is 7.51. The molecule has 0 radical (unpaired) electrons. The summed E-state index contributed by atoms with van der Waals surface area (Å²) >= 11 is 1.72. The van der Waals surface area contributed by atoms with Crippen molar-refractivity contribution in [3.05, 3.63) is 15.6 Å². The maximum atomic E-state index is 4.51. The zero-order valence-corrected chi connectivity index (χ0v) is 14.0. The van der Waals surface area contributed by atoms with Crippen molar-refractivity contribution < 1.29 is 0 Å². The SMILES string of the molecule is CCNC(=NCc1sc(C)nc1C)NCC.I. The maximum absolute atomic E-state index is 4.51. The zero-order valence-electron chi connectivity index (χ0n) is 10.8. The Morgan fingerprint density at radius 1 is 1.24 bits per heavy atom. The highest BCUT2D eigenvalue weighted by molar-refractivity contribution is 14.0. The number of nitrogens with one attached hydrogen (secondary N) is 2.